The van der Waals surface area contributed by atoms with Crippen LogP contribution in [-0.2, 0) is 30.0 Å². The predicted octanol–water partition coefficient (Wildman–Crippen LogP) is 4.46. The summed E-state index contributed by atoms with van der Waals surface area (Å²) in [5.74, 6) is 2.05. The molecule has 4 aliphatic carbocycles. The fourth-order valence-electron chi connectivity index (χ4n) is 8.76. The molecule has 0 N–H and O–H groups in total. The number of carbonyl (C=O) groups excluding carboxylic acids is 2. The van der Waals surface area contributed by atoms with Gasteiger partial charge in [-0.1, -0.05) is 38.7 Å². The van der Waals surface area contributed by atoms with Crippen molar-refractivity contribution >= 4 is 31.1 Å². The molecule has 2 atom stereocenters. The lowest BCUT2D eigenvalue weighted by Gasteiger charge is -2.32. The SMILES string of the molecule is CCCn1c(=O)c2c(nc(C34CC5CC(CC3C5)C4)n2COCC[Si](C)(C)C)n(CCN2C(=O)c3ccccc3C2=O)c1=O. The summed E-state index contributed by atoms with van der Waals surface area (Å²) < 4.78 is 11.1. The zero-order chi connectivity index (χ0) is 31.0. The molecule has 1 aliphatic heterocycles. The summed E-state index contributed by atoms with van der Waals surface area (Å²) in [5, 5.41) is 0. The number of nitrogens with zero attached hydrogens (tertiary/aromatic N) is 5. The number of rotatable bonds is 11. The molecule has 2 amide bonds. The van der Waals surface area contributed by atoms with Crippen molar-refractivity contribution in [2.24, 2.45) is 17.8 Å². The molecule has 1 aromatic carbocycles. The van der Waals surface area contributed by atoms with Gasteiger partial charge in [-0.2, -0.15) is 0 Å². The highest BCUT2D eigenvalue weighted by Gasteiger charge is 2.60. The molecule has 8 rings (SSSR count). The van der Waals surface area contributed by atoms with Gasteiger partial charge in [-0.05, 0) is 74.5 Å². The summed E-state index contributed by atoms with van der Waals surface area (Å²) in [4.78, 5) is 60.8. The second kappa shape index (κ2) is 10.6. The van der Waals surface area contributed by atoms with Crippen LogP contribution in [0.5, 0.6) is 0 Å². The van der Waals surface area contributed by atoms with E-state index >= 15 is 0 Å². The van der Waals surface area contributed by atoms with Crippen molar-refractivity contribution in [1.82, 2.24) is 23.6 Å². The van der Waals surface area contributed by atoms with Crippen LogP contribution in [0.15, 0.2) is 33.9 Å². The van der Waals surface area contributed by atoms with Gasteiger partial charge in [0.2, 0.25) is 0 Å². The number of ether oxygens (including phenoxy) is 1. The minimum absolute atomic E-state index is 0.0124. The lowest BCUT2D eigenvalue weighted by Crippen LogP contribution is -2.43. The number of fused-ring (bicyclic) bond motifs is 2. The Morgan fingerprint density at radius 3 is 2.16 bits per heavy atom. The summed E-state index contributed by atoms with van der Waals surface area (Å²) >= 11 is 0. The third kappa shape index (κ3) is 4.57. The van der Waals surface area contributed by atoms with Gasteiger partial charge in [0.05, 0.1) is 11.1 Å². The van der Waals surface area contributed by atoms with Crippen molar-refractivity contribution in [2.75, 3.05) is 13.2 Å². The number of hydrogen-bond donors (Lipinski definition) is 0. The van der Waals surface area contributed by atoms with Gasteiger partial charge in [0.1, 0.15) is 12.6 Å². The van der Waals surface area contributed by atoms with E-state index in [1.165, 1.54) is 33.3 Å². The molecule has 0 saturated heterocycles. The Balaban J connectivity index is 1.33. The molecular formula is C33H43N5O5Si. The molecule has 2 aromatic heterocycles. The summed E-state index contributed by atoms with van der Waals surface area (Å²) in [6.45, 7) is 10.1. The standard InChI is InChI=1S/C33H43N5O5Si/c1-5-10-37-30(41)26-27(35(32(37)42)11-12-36-28(39)24-8-6-7-9-25(24)29(36)40)34-31(38(26)20-43-13-14-44(2,3)4)33-18-21-15-22(19-33)17-23(33)16-21/h6-9,21-23H,5,10-20H2,1-4H3. The minimum Gasteiger partial charge on any atom is -0.361 e. The van der Waals surface area contributed by atoms with Gasteiger partial charge in [-0.3, -0.25) is 33.0 Å². The Morgan fingerprint density at radius 2 is 1.55 bits per heavy atom. The minimum atomic E-state index is -1.32. The summed E-state index contributed by atoms with van der Waals surface area (Å²) in [7, 11) is -1.32. The van der Waals surface area contributed by atoms with Gasteiger partial charge in [0.25, 0.3) is 17.4 Å². The second-order valence-electron chi connectivity index (χ2n) is 14.8. The van der Waals surface area contributed by atoms with E-state index in [1.807, 2.05) is 11.5 Å². The van der Waals surface area contributed by atoms with E-state index in [0.29, 0.717) is 53.1 Å². The van der Waals surface area contributed by atoms with Crippen molar-refractivity contribution in [3.8, 4) is 0 Å². The maximum atomic E-state index is 14.1. The molecule has 4 bridgehead atoms. The van der Waals surface area contributed by atoms with E-state index in [1.54, 1.807) is 24.3 Å². The molecule has 234 valence electrons. The number of hydrogen-bond acceptors (Lipinski definition) is 6. The van der Waals surface area contributed by atoms with Gasteiger partial charge < -0.3 is 4.74 Å². The molecule has 44 heavy (non-hydrogen) atoms. The number of carbonyl (C=O) groups is 2. The Morgan fingerprint density at radius 1 is 0.886 bits per heavy atom. The maximum Gasteiger partial charge on any atom is 0.332 e. The lowest BCUT2D eigenvalue weighted by molar-refractivity contribution is 0.0648. The van der Waals surface area contributed by atoms with Crippen molar-refractivity contribution in [1.29, 1.82) is 0 Å². The molecule has 3 aromatic rings. The van der Waals surface area contributed by atoms with E-state index in [9.17, 15) is 19.2 Å². The lowest BCUT2D eigenvalue weighted by atomic mass is 9.75. The van der Waals surface area contributed by atoms with Crippen LogP contribution < -0.4 is 11.2 Å². The van der Waals surface area contributed by atoms with E-state index in [-0.39, 0.29) is 49.2 Å². The third-order valence-corrected chi connectivity index (χ3v) is 12.3. The first kappa shape index (κ1) is 29.4. The maximum absolute atomic E-state index is 14.1. The van der Waals surface area contributed by atoms with Crippen LogP contribution in [0, 0.1) is 17.8 Å². The summed E-state index contributed by atoms with van der Waals surface area (Å²) in [5.41, 5.74) is 0.577. The number of imide groups is 1. The average Bonchev–Trinajstić information content (AvgIpc) is 3.64. The smallest absolute Gasteiger partial charge is 0.332 e. The Bertz CT molecular complexity index is 1730. The quantitative estimate of drug-likeness (QED) is 0.179. The number of aromatic nitrogens is 4. The monoisotopic (exact) mass is 617 g/mol. The number of imidazole rings is 1. The van der Waals surface area contributed by atoms with E-state index in [4.69, 9.17) is 9.72 Å². The molecule has 5 aliphatic rings. The molecule has 3 heterocycles. The first-order chi connectivity index (χ1) is 21.0. The van der Waals surface area contributed by atoms with Crippen LogP contribution in [0.1, 0.15) is 72.0 Å². The number of amides is 2. The zero-order valence-corrected chi connectivity index (χ0v) is 27.3. The van der Waals surface area contributed by atoms with Crippen LogP contribution in [0.4, 0.5) is 0 Å². The largest absolute Gasteiger partial charge is 0.361 e. The fraction of sp³-hybridized carbons (Fsp3) is 0.606. The highest BCUT2D eigenvalue weighted by Crippen LogP contribution is 2.65. The van der Waals surface area contributed by atoms with Gasteiger partial charge in [-0.25, -0.2) is 9.78 Å². The normalized spacial score (nSPS) is 25.6. The topological polar surface area (TPSA) is 108 Å². The summed E-state index contributed by atoms with van der Waals surface area (Å²) in [6.07, 6.45) is 6.41. The molecule has 2 unspecified atom stereocenters. The van der Waals surface area contributed by atoms with Crippen molar-refractivity contribution < 1.29 is 14.3 Å². The van der Waals surface area contributed by atoms with E-state index in [2.05, 4.69) is 19.6 Å². The Hall–Kier alpha value is -3.31. The zero-order valence-electron chi connectivity index (χ0n) is 26.3. The van der Waals surface area contributed by atoms with Crippen molar-refractivity contribution in [3.05, 3.63) is 62.1 Å². The van der Waals surface area contributed by atoms with Crippen LogP contribution in [0.3, 0.4) is 0 Å². The van der Waals surface area contributed by atoms with Crippen molar-refractivity contribution in [2.45, 2.75) is 96.4 Å². The molecule has 0 radical (unpaired) electrons. The Labute approximate surface area is 258 Å². The highest BCUT2D eigenvalue weighted by molar-refractivity contribution is 6.76. The van der Waals surface area contributed by atoms with Crippen LogP contribution in [0.2, 0.25) is 25.7 Å². The first-order valence-electron chi connectivity index (χ1n) is 16.3. The Kier molecular flexibility index (Phi) is 7.12. The van der Waals surface area contributed by atoms with E-state index < -0.39 is 13.8 Å². The first-order valence-corrected chi connectivity index (χ1v) is 20.0. The molecule has 4 fully saturated rings. The molecule has 11 heteroatoms. The fourth-order valence-corrected chi connectivity index (χ4v) is 9.51. The molecular weight excluding hydrogens is 574 g/mol. The van der Waals surface area contributed by atoms with Crippen LogP contribution >= 0.6 is 0 Å². The number of benzene rings is 1. The van der Waals surface area contributed by atoms with Crippen LogP contribution in [-0.4, -0.2) is 56.6 Å². The van der Waals surface area contributed by atoms with Gasteiger partial charge in [0.15, 0.2) is 11.2 Å². The molecule has 10 nitrogen and oxygen atoms in total. The van der Waals surface area contributed by atoms with Gasteiger partial charge >= 0.3 is 5.69 Å². The van der Waals surface area contributed by atoms with Crippen molar-refractivity contribution in [3.63, 3.8) is 0 Å². The second-order valence-corrected chi connectivity index (χ2v) is 20.4. The molecule has 0 spiro atoms. The highest BCUT2D eigenvalue weighted by atomic mass is 28.3. The predicted molar refractivity (Wildman–Crippen MR) is 170 cm³/mol. The van der Waals surface area contributed by atoms with Crippen LogP contribution in [0.25, 0.3) is 11.2 Å². The third-order valence-electron chi connectivity index (χ3n) is 10.6. The van der Waals surface area contributed by atoms with Gasteiger partial charge in [0, 0.05) is 39.7 Å². The molecule has 4 saturated carbocycles. The van der Waals surface area contributed by atoms with E-state index in [0.717, 1.165) is 24.7 Å². The average molecular weight is 618 g/mol. The van der Waals surface area contributed by atoms with Gasteiger partial charge in [-0.15, -0.1) is 0 Å². The summed E-state index contributed by atoms with van der Waals surface area (Å²) in [6, 6.07) is 7.80.